The van der Waals surface area contributed by atoms with Crippen molar-refractivity contribution in [3.8, 4) is 0 Å². The first-order chi connectivity index (χ1) is 13.6. The molecule has 6 nitrogen and oxygen atoms in total. The molecule has 0 amide bonds. The van der Waals surface area contributed by atoms with Gasteiger partial charge in [0.2, 0.25) is 0 Å². The Bertz CT molecular complexity index is 990. The standard InChI is InChI=1S/C22H29N5O/c1-16(2)27-22(28)11-10-21(25-27)26-12-6-5-7-18(26)15-23-13-17-14-24-20-9-4-3-8-19(17)20/h3-4,8-11,14,16,18,23-24H,5-7,12-13,15H2,1-2H3. The van der Waals surface area contributed by atoms with Crippen LogP contribution >= 0.6 is 0 Å². The average molecular weight is 380 g/mol. The molecule has 1 aliphatic rings. The third kappa shape index (κ3) is 3.83. The number of benzene rings is 1. The number of nitrogens with one attached hydrogen (secondary N) is 2. The molecule has 0 spiro atoms. The zero-order valence-electron chi connectivity index (χ0n) is 16.7. The summed E-state index contributed by atoms with van der Waals surface area (Å²) in [6.07, 6.45) is 5.64. The molecule has 4 rings (SSSR count). The van der Waals surface area contributed by atoms with E-state index in [1.54, 1.807) is 10.7 Å². The zero-order valence-corrected chi connectivity index (χ0v) is 16.7. The smallest absolute Gasteiger partial charge is 0.267 e. The highest BCUT2D eigenvalue weighted by atomic mass is 16.1. The van der Waals surface area contributed by atoms with Crippen LogP contribution in [0.1, 0.15) is 44.7 Å². The number of rotatable bonds is 6. The van der Waals surface area contributed by atoms with Gasteiger partial charge in [-0.15, -0.1) is 0 Å². The van der Waals surface area contributed by atoms with Crippen LogP contribution < -0.4 is 15.8 Å². The lowest BCUT2D eigenvalue weighted by Gasteiger charge is -2.37. The van der Waals surface area contributed by atoms with E-state index in [1.807, 2.05) is 19.9 Å². The molecule has 1 aliphatic heterocycles. The van der Waals surface area contributed by atoms with Gasteiger partial charge in [0.15, 0.2) is 0 Å². The number of nitrogens with zero attached hydrogens (tertiary/aromatic N) is 3. The highest BCUT2D eigenvalue weighted by Crippen LogP contribution is 2.23. The molecule has 1 saturated heterocycles. The van der Waals surface area contributed by atoms with E-state index in [-0.39, 0.29) is 11.6 Å². The molecular weight excluding hydrogens is 350 g/mol. The van der Waals surface area contributed by atoms with Gasteiger partial charge in [-0.2, -0.15) is 5.10 Å². The molecule has 1 aromatic carbocycles. The molecule has 28 heavy (non-hydrogen) atoms. The first-order valence-electron chi connectivity index (χ1n) is 10.3. The molecule has 148 valence electrons. The summed E-state index contributed by atoms with van der Waals surface area (Å²) in [6, 6.07) is 12.4. The molecule has 3 heterocycles. The van der Waals surface area contributed by atoms with Crippen molar-refractivity contribution in [2.75, 3.05) is 18.0 Å². The van der Waals surface area contributed by atoms with Crippen LogP contribution in [0.25, 0.3) is 10.9 Å². The van der Waals surface area contributed by atoms with Gasteiger partial charge in [0.25, 0.3) is 5.56 Å². The van der Waals surface area contributed by atoms with Crippen molar-refractivity contribution in [1.82, 2.24) is 20.1 Å². The fraction of sp³-hybridized carbons (Fsp3) is 0.455. The summed E-state index contributed by atoms with van der Waals surface area (Å²) < 4.78 is 1.58. The molecule has 2 aromatic heterocycles. The summed E-state index contributed by atoms with van der Waals surface area (Å²) in [4.78, 5) is 17.8. The number of hydrogen-bond donors (Lipinski definition) is 2. The molecule has 0 aliphatic carbocycles. The number of hydrogen-bond acceptors (Lipinski definition) is 4. The first kappa shape index (κ1) is 18.7. The van der Waals surface area contributed by atoms with Gasteiger partial charge in [-0.05, 0) is 50.8 Å². The Balaban J connectivity index is 1.45. The molecular formula is C22H29N5O. The van der Waals surface area contributed by atoms with Crippen LogP contribution in [0.4, 0.5) is 5.82 Å². The van der Waals surface area contributed by atoms with E-state index in [9.17, 15) is 4.79 Å². The summed E-state index contributed by atoms with van der Waals surface area (Å²) in [6.45, 7) is 6.72. The van der Waals surface area contributed by atoms with Crippen LogP contribution in [-0.2, 0) is 6.54 Å². The Hall–Kier alpha value is -2.60. The lowest BCUT2D eigenvalue weighted by Crippen LogP contribution is -2.46. The molecule has 1 unspecified atom stereocenters. The van der Waals surface area contributed by atoms with E-state index in [1.165, 1.54) is 29.3 Å². The van der Waals surface area contributed by atoms with Gasteiger partial charge in [-0.1, -0.05) is 18.2 Å². The molecule has 1 atom stereocenters. The lowest BCUT2D eigenvalue weighted by molar-refractivity contribution is 0.423. The third-order valence-corrected chi connectivity index (χ3v) is 5.59. The maximum atomic E-state index is 12.1. The Morgan fingerprint density at radius 1 is 1.21 bits per heavy atom. The number of fused-ring (bicyclic) bond motifs is 1. The largest absolute Gasteiger partial charge is 0.361 e. The zero-order chi connectivity index (χ0) is 19.5. The van der Waals surface area contributed by atoms with Crippen molar-refractivity contribution in [3.63, 3.8) is 0 Å². The van der Waals surface area contributed by atoms with Gasteiger partial charge in [0.05, 0.1) is 6.04 Å². The van der Waals surface area contributed by atoms with Crippen LogP contribution in [0.5, 0.6) is 0 Å². The predicted molar refractivity (Wildman–Crippen MR) is 114 cm³/mol. The van der Waals surface area contributed by atoms with Gasteiger partial charge in [-0.25, -0.2) is 4.68 Å². The van der Waals surface area contributed by atoms with Crippen molar-refractivity contribution in [2.24, 2.45) is 0 Å². The van der Waals surface area contributed by atoms with Crippen LogP contribution in [0, 0.1) is 0 Å². The second kappa shape index (κ2) is 8.19. The molecule has 0 radical (unpaired) electrons. The Morgan fingerprint density at radius 3 is 2.93 bits per heavy atom. The quantitative estimate of drug-likeness (QED) is 0.688. The summed E-state index contributed by atoms with van der Waals surface area (Å²) in [5.74, 6) is 0.909. The predicted octanol–water partition coefficient (Wildman–Crippen LogP) is 3.45. The second-order valence-electron chi connectivity index (χ2n) is 7.90. The minimum Gasteiger partial charge on any atom is -0.361 e. The Labute approximate surface area is 165 Å². The van der Waals surface area contributed by atoms with Gasteiger partial charge in [0.1, 0.15) is 5.82 Å². The summed E-state index contributed by atoms with van der Waals surface area (Å²) in [5.41, 5.74) is 2.44. The van der Waals surface area contributed by atoms with Crippen molar-refractivity contribution in [2.45, 2.75) is 51.7 Å². The van der Waals surface area contributed by atoms with Crippen LogP contribution in [0.3, 0.4) is 0 Å². The SMILES string of the molecule is CC(C)n1nc(N2CCCCC2CNCc2c[nH]c3ccccc23)ccc1=O. The minimum absolute atomic E-state index is 0.0372. The average Bonchev–Trinajstić information content (AvgIpc) is 3.12. The number of para-hydroxylation sites is 1. The van der Waals surface area contributed by atoms with E-state index in [0.29, 0.717) is 6.04 Å². The summed E-state index contributed by atoms with van der Waals surface area (Å²) in [7, 11) is 0. The van der Waals surface area contributed by atoms with Gasteiger partial charge in [-0.3, -0.25) is 4.79 Å². The molecule has 2 N–H and O–H groups in total. The molecule has 0 saturated carbocycles. The van der Waals surface area contributed by atoms with E-state index < -0.39 is 0 Å². The maximum Gasteiger partial charge on any atom is 0.267 e. The Kier molecular flexibility index (Phi) is 5.48. The van der Waals surface area contributed by atoms with Crippen LogP contribution in [0.2, 0.25) is 0 Å². The molecule has 1 fully saturated rings. The molecule has 6 heteroatoms. The van der Waals surface area contributed by atoms with E-state index >= 15 is 0 Å². The van der Waals surface area contributed by atoms with Crippen LogP contribution in [0.15, 0.2) is 47.4 Å². The van der Waals surface area contributed by atoms with Crippen LogP contribution in [-0.4, -0.2) is 33.9 Å². The summed E-state index contributed by atoms with van der Waals surface area (Å²) in [5, 5.41) is 9.56. The highest BCUT2D eigenvalue weighted by molar-refractivity contribution is 5.82. The van der Waals surface area contributed by atoms with Gasteiger partial charge in [0, 0.05) is 48.8 Å². The minimum atomic E-state index is -0.0372. The second-order valence-corrected chi connectivity index (χ2v) is 7.90. The van der Waals surface area contributed by atoms with Crippen molar-refractivity contribution < 1.29 is 0 Å². The lowest BCUT2D eigenvalue weighted by atomic mass is 10.0. The monoisotopic (exact) mass is 379 g/mol. The number of aromatic nitrogens is 3. The fourth-order valence-corrected chi connectivity index (χ4v) is 4.10. The normalized spacial score (nSPS) is 17.5. The van der Waals surface area contributed by atoms with Crippen molar-refractivity contribution in [3.05, 3.63) is 58.5 Å². The topological polar surface area (TPSA) is 66.0 Å². The Morgan fingerprint density at radius 2 is 2.07 bits per heavy atom. The first-order valence-corrected chi connectivity index (χ1v) is 10.3. The number of piperidine rings is 1. The van der Waals surface area contributed by atoms with Gasteiger partial charge >= 0.3 is 0 Å². The number of anilines is 1. The third-order valence-electron chi connectivity index (χ3n) is 5.59. The van der Waals surface area contributed by atoms with E-state index in [0.717, 1.165) is 31.9 Å². The van der Waals surface area contributed by atoms with Gasteiger partial charge < -0.3 is 15.2 Å². The maximum absolute atomic E-state index is 12.1. The van der Waals surface area contributed by atoms with E-state index in [4.69, 9.17) is 0 Å². The number of H-pyrrole nitrogens is 1. The fourth-order valence-electron chi connectivity index (χ4n) is 4.10. The van der Waals surface area contributed by atoms with E-state index in [2.05, 4.69) is 50.8 Å². The van der Waals surface area contributed by atoms with Crippen molar-refractivity contribution >= 4 is 16.7 Å². The number of aromatic amines is 1. The molecule has 3 aromatic rings. The highest BCUT2D eigenvalue weighted by Gasteiger charge is 2.24. The van der Waals surface area contributed by atoms with Crippen molar-refractivity contribution in [1.29, 1.82) is 0 Å². The molecule has 0 bridgehead atoms. The summed E-state index contributed by atoms with van der Waals surface area (Å²) >= 11 is 0.